The van der Waals surface area contributed by atoms with Crippen LogP contribution < -0.4 is 0 Å². The molecular formula is C9H9NO. The zero-order valence-electron chi connectivity index (χ0n) is 6.16. The molecule has 0 N–H and O–H groups in total. The summed E-state index contributed by atoms with van der Waals surface area (Å²) in [6.07, 6.45) is 9.58. The zero-order valence-corrected chi connectivity index (χ0v) is 6.16. The van der Waals surface area contributed by atoms with Crippen LogP contribution in [0.5, 0.6) is 0 Å². The van der Waals surface area contributed by atoms with Crippen LogP contribution in [0.25, 0.3) is 0 Å². The Bertz CT molecular complexity index is 230. The molecule has 0 unspecified atom stereocenters. The van der Waals surface area contributed by atoms with Crippen LogP contribution in [0.4, 0.5) is 0 Å². The molecule has 0 spiro atoms. The molecule has 0 bridgehead atoms. The van der Waals surface area contributed by atoms with E-state index in [0.717, 1.165) is 0 Å². The smallest absolute Gasteiger partial charge is 0.292 e. The van der Waals surface area contributed by atoms with E-state index in [9.17, 15) is 0 Å². The Morgan fingerprint density at radius 1 is 1.36 bits per heavy atom. The molecule has 56 valence electrons. The Morgan fingerprint density at radius 3 is 2.55 bits per heavy atom. The maximum Gasteiger partial charge on any atom is 0.292 e. The third kappa shape index (κ3) is 4.73. The predicted molar refractivity (Wildman–Crippen MR) is 44.3 cm³/mol. The fourth-order valence-corrected chi connectivity index (χ4v) is 0.455. The Morgan fingerprint density at radius 2 is 2.09 bits per heavy atom. The van der Waals surface area contributed by atoms with Crippen LogP contribution in [0.1, 0.15) is 0 Å². The van der Waals surface area contributed by atoms with Crippen LogP contribution in [0.15, 0.2) is 49.3 Å². The minimum Gasteiger partial charge on any atom is -0.388 e. The molecule has 0 saturated carbocycles. The van der Waals surface area contributed by atoms with Crippen molar-refractivity contribution in [3.63, 3.8) is 0 Å². The molecule has 0 amide bonds. The first-order chi connectivity index (χ1) is 5.35. The van der Waals surface area contributed by atoms with E-state index < -0.39 is 0 Å². The van der Waals surface area contributed by atoms with Gasteiger partial charge in [0.05, 0.1) is 0 Å². The van der Waals surface area contributed by atoms with Crippen molar-refractivity contribution in [2.24, 2.45) is 0 Å². The molecule has 0 heterocycles. The largest absolute Gasteiger partial charge is 0.388 e. The number of allylic oxidation sites excluding steroid dienone is 5. The van der Waals surface area contributed by atoms with E-state index >= 15 is 0 Å². The second-order valence-electron chi connectivity index (χ2n) is 1.59. The summed E-state index contributed by atoms with van der Waals surface area (Å²) in [6, 6.07) is 0. The Balaban J connectivity index is 4.23. The molecule has 0 saturated heterocycles. The minimum absolute atomic E-state index is 0.447. The monoisotopic (exact) mass is 147 g/mol. The van der Waals surface area contributed by atoms with Gasteiger partial charge < -0.3 is 4.74 Å². The highest BCUT2D eigenvalue weighted by Gasteiger charge is 1.86. The number of rotatable bonds is 4. The zero-order chi connectivity index (χ0) is 8.53. The first-order valence-electron chi connectivity index (χ1n) is 3.03. The molecule has 0 aliphatic carbocycles. The van der Waals surface area contributed by atoms with Crippen LogP contribution in [0.2, 0.25) is 0 Å². The van der Waals surface area contributed by atoms with Gasteiger partial charge in [-0.2, -0.15) is 0 Å². The van der Waals surface area contributed by atoms with Gasteiger partial charge in [-0.05, 0) is 12.2 Å². The summed E-state index contributed by atoms with van der Waals surface area (Å²) in [5, 5.41) is 8.16. The highest BCUT2D eigenvalue weighted by molar-refractivity contribution is 5.20. The average Bonchev–Trinajstić information content (AvgIpc) is 2.01. The van der Waals surface area contributed by atoms with Gasteiger partial charge in [-0.15, -0.1) is 5.26 Å². The van der Waals surface area contributed by atoms with Crippen molar-refractivity contribution in [2.75, 3.05) is 0 Å². The molecule has 0 aliphatic heterocycles. The minimum atomic E-state index is 0.447. The molecule has 2 nitrogen and oxygen atoms in total. The van der Waals surface area contributed by atoms with Crippen LogP contribution >= 0.6 is 0 Å². The van der Waals surface area contributed by atoms with E-state index in [1.54, 1.807) is 36.6 Å². The number of nitrogens with zero attached hydrogens (tertiary/aromatic N) is 1. The molecule has 11 heavy (non-hydrogen) atoms. The first-order valence-corrected chi connectivity index (χ1v) is 3.03. The van der Waals surface area contributed by atoms with Gasteiger partial charge in [-0.25, -0.2) is 0 Å². The number of ether oxygens (including phenoxy) is 1. The Kier molecular flexibility index (Phi) is 5.36. The SMILES string of the molecule is C=C/C=C\C(=C/C=C)OC#N. The second-order valence-corrected chi connectivity index (χ2v) is 1.59. The molecule has 0 atom stereocenters. The first kappa shape index (κ1) is 9.25. The van der Waals surface area contributed by atoms with Gasteiger partial charge in [0.25, 0.3) is 6.26 Å². The van der Waals surface area contributed by atoms with Gasteiger partial charge in [-0.1, -0.05) is 31.4 Å². The van der Waals surface area contributed by atoms with Crippen molar-refractivity contribution in [1.82, 2.24) is 0 Å². The van der Waals surface area contributed by atoms with Gasteiger partial charge >= 0.3 is 0 Å². The summed E-state index contributed by atoms with van der Waals surface area (Å²) >= 11 is 0. The van der Waals surface area contributed by atoms with Crippen molar-refractivity contribution in [3.05, 3.63) is 49.3 Å². The standard InChI is InChI=1S/C9H9NO/c1-3-5-7-9(6-4-2)11-8-10/h3-7H,1-2H2/b7-5-,9-6+. The molecule has 2 heteroatoms. The Labute approximate surface area is 66.4 Å². The quantitative estimate of drug-likeness (QED) is 0.347. The molecular weight excluding hydrogens is 138 g/mol. The summed E-state index contributed by atoms with van der Waals surface area (Å²) in [7, 11) is 0. The summed E-state index contributed by atoms with van der Waals surface area (Å²) < 4.78 is 4.55. The molecule has 0 aromatic heterocycles. The van der Waals surface area contributed by atoms with E-state index in [2.05, 4.69) is 17.9 Å². The van der Waals surface area contributed by atoms with E-state index in [-0.39, 0.29) is 0 Å². The number of hydrogen-bond donors (Lipinski definition) is 0. The third-order valence-corrected chi connectivity index (χ3v) is 0.842. The predicted octanol–water partition coefficient (Wildman–Crippen LogP) is 2.30. The van der Waals surface area contributed by atoms with E-state index in [4.69, 9.17) is 5.26 Å². The maximum absolute atomic E-state index is 8.16. The highest BCUT2D eigenvalue weighted by Crippen LogP contribution is 1.98. The van der Waals surface area contributed by atoms with Crippen LogP contribution in [-0.4, -0.2) is 0 Å². The molecule has 0 fully saturated rings. The summed E-state index contributed by atoms with van der Waals surface area (Å²) in [6.45, 7) is 6.94. The highest BCUT2D eigenvalue weighted by atomic mass is 16.5. The normalized spacial score (nSPS) is 10.6. The van der Waals surface area contributed by atoms with Crippen molar-refractivity contribution in [2.45, 2.75) is 0 Å². The molecule has 0 aliphatic rings. The summed E-state index contributed by atoms with van der Waals surface area (Å²) in [5.74, 6) is 0.447. The van der Waals surface area contributed by atoms with Crippen LogP contribution in [0.3, 0.4) is 0 Å². The topological polar surface area (TPSA) is 33.0 Å². The fourth-order valence-electron chi connectivity index (χ4n) is 0.455. The van der Waals surface area contributed by atoms with Gasteiger partial charge in [0.15, 0.2) is 0 Å². The van der Waals surface area contributed by atoms with E-state index in [0.29, 0.717) is 5.76 Å². The average molecular weight is 147 g/mol. The van der Waals surface area contributed by atoms with E-state index in [1.165, 1.54) is 0 Å². The lowest BCUT2D eigenvalue weighted by atomic mass is 10.4. The Hall–Kier alpha value is -1.75. The van der Waals surface area contributed by atoms with Crippen molar-refractivity contribution >= 4 is 0 Å². The van der Waals surface area contributed by atoms with Crippen molar-refractivity contribution in [3.8, 4) is 6.26 Å². The van der Waals surface area contributed by atoms with Crippen molar-refractivity contribution in [1.29, 1.82) is 5.26 Å². The molecule has 0 radical (unpaired) electrons. The lowest BCUT2D eigenvalue weighted by molar-refractivity contribution is 0.393. The fraction of sp³-hybridized carbons (Fsp3) is 0. The van der Waals surface area contributed by atoms with Crippen LogP contribution in [0, 0.1) is 11.5 Å². The van der Waals surface area contributed by atoms with Gasteiger partial charge in [-0.3, -0.25) is 0 Å². The lowest BCUT2D eigenvalue weighted by Crippen LogP contribution is -1.78. The number of nitriles is 1. The second kappa shape index (κ2) is 6.37. The van der Waals surface area contributed by atoms with Crippen LogP contribution in [-0.2, 0) is 4.74 Å². The van der Waals surface area contributed by atoms with Gasteiger partial charge in [0.1, 0.15) is 5.76 Å². The summed E-state index contributed by atoms with van der Waals surface area (Å²) in [5.41, 5.74) is 0. The molecule has 0 aromatic rings. The molecule has 0 rings (SSSR count). The van der Waals surface area contributed by atoms with E-state index in [1.807, 2.05) is 0 Å². The third-order valence-electron chi connectivity index (χ3n) is 0.842. The lowest BCUT2D eigenvalue weighted by Gasteiger charge is -1.91. The maximum atomic E-state index is 8.16. The van der Waals surface area contributed by atoms with Gasteiger partial charge in [0, 0.05) is 0 Å². The van der Waals surface area contributed by atoms with Gasteiger partial charge in [0.2, 0.25) is 0 Å². The number of hydrogen-bond acceptors (Lipinski definition) is 2. The summed E-state index contributed by atoms with van der Waals surface area (Å²) in [4.78, 5) is 0. The van der Waals surface area contributed by atoms with Crippen molar-refractivity contribution < 1.29 is 4.74 Å². The molecule has 0 aromatic carbocycles.